The molecule has 15 heteroatoms. The van der Waals surface area contributed by atoms with Crippen LogP contribution >= 0.6 is 0 Å². The Morgan fingerprint density at radius 3 is 2.66 bits per heavy atom. The molecule has 6 bridgehead atoms. The van der Waals surface area contributed by atoms with Crippen molar-refractivity contribution in [1.29, 1.82) is 0 Å². The Balaban J connectivity index is 1.33. The smallest absolute Gasteiger partial charge is 0.324 e. The van der Waals surface area contributed by atoms with Gasteiger partial charge in [0.1, 0.15) is 12.1 Å². The highest BCUT2D eigenvalue weighted by Crippen LogP contribution is 2.41. The summed E-state index contributed by atoms with van der Waals surface area (Å²) in [5, 5.41) is 13.5. The average molecular weight is 798 g/mol. The molecular weight excluding hydrogens is 739 g/mol. The number of pyridine rings is 1. The molecule has 2 fully saturated rings. The van der Waals surface area contributed by atoms with Gasteiger partial charge in [-0.15, -0.1) is 0 Å². The van der Waals surface area contributed by atoms with E-state index in [0.29, 0.717) is 44.0 Å². The molecule has 0 radical (unpaired) electrons. The zero-order valence-electron chi connectivity index (χ0n) is 35.1. The second kappa shape index (κ2) is 17.3. The number of hydrazine groups is 1. The van der Waals surface area contributed by atoms with Gasteiger partial charge in [0.2, 0.25) is 5.91 Å². The van der Waals surface area contributed by atoms with Crippen LogP contribution in [0, 0.1) is 17.3 Å². The summed E-state index contributed by atoms with van der Waals surface area (Å²) in [5.41, 5.74) is 8.54. The van der Waals surface area contributed by atoms with Crippen LogP contribution in [-0.2, 0) is 55.0 Å². The molecule has 2 amide bonds. The SMILES string of the molecule is CCn1c(-c2cccnc2[C@H](C)OC)c2c3cc(ccc31)-c1nc(nn1C)C[C@H](NC(=O)[C@@H](COC1CNC1)C(C)C)C(=O)N1CCC[C@H](N1)C(=O)OCC(C)(C)C2. The number of amides is 2. The van der Waals surface area contributed by atoms with Crippen LogP contribution in [0.4, 0.5) is 0 Å². The zero-order valence-corrected chi connectivity index (χ0v) is 35.1. The largest absolute Gasteiger partial charge is 0.464 e. The van der Waals surface area contributed by atoms with Gasteiger partial charge in [0.15, 0.2) is 11.6 Å². The van der Waals surface area contributed by atoms with Gasteiger partial charge >= 0.3 is 5.97 Å². The number of methoxy groups -OCH3 is 1. The van der Waals surface area contributed by atoms with E-state index in [1.54, 1.807) is 18.0 Å². The third-order valence-corrected chi connectivity index (χ3v) is 11.8. The van der Waals surface area contributed by atoms with E-state index in [9.17, 15) is 14.4 Å². The van der Waals surface area contributed by atoms with E-state index < -0.39 is 29.4 Å². The van der Waals surface area contributed by atoms with Crippen molar-refractivity contribution in [3.63, 3.8) is 0 Å². The number of nitrogens with zero attached hydrogens (tertiary/aromatic N) is 6. The lowest BCUT2D eigenvalue weighted by Crippen LogP contribution is -2.61. The molecule has 1 aromatic carbocycles. The summed E-state index contributed by atoms with van der Waals surface area (Å²) in [7, 11) is 3.53. The van der Waals surface area contributed by atoms with Crippen LogP contribution in [-0.4, -0.2) is 105 Å². The molecule has 4 aromatic rings. The number of rotatable bonds is 10. The van der Waals surface area contributed by atoms with Crippen LogP contribution < -0.4 is 16.1 Å². The molecule has 3 aliphatic rings. The van der Waals surface area contributed by atoms with Gasteiger partial charge in [-0.2, -0.15) is 5.10 Å². The first-order valence-electron chi connectivity index (χ1n) is 20.7. The molecule has 0 spiro atoms. The predicted octanol–water partition coefficient (Wildman–Crippen LogP) is 4.14. The summed E-state index contributed by atoms with van der Waals surface area (Å²) in [6.07, 6.45) is 3.34. The summed E-state index contributed by atoms with van der Waals surface area (Å²) >= 11 is 0. The minimum Gasteiger partial charge on any atom is -0.464 e. The van der Waals surface area contributed by atoms with Crippen molar-refractivity contribution >= 4 is 28.7 Å². The first-order chi connectivity index (χ1) is 27.8. The number of nitrogens with one attached hydrogen (secondary N) is 3. The fourth-order valence-corrected chi connectivity index (χ4v) is 8.26. The van der Waals surface area contributed by atoms with E-state index in [1.807, 2.05) is 33.9 Å². The number of aryl methyl sites for hydroxylation is 2. The maximum Gasteiger partial charge on any atom is 0.324 e. The summed E-state index contributed by atoms with van der Waals surface area (Å²) in [5.74, 6) is -0.540. The van der Waals surface area contributed by atoms with E-state index in [0.717, 1.165) is 52.1 Å². The molecule has 15 nitrogen and oxygen atoms in total. The van der Waals surface area contributed by atoms with Crippen molar-refractivity contribution in [2.45, 2.75) is 98.1 Å². The molecule has 6 heterocycles. The Kier molecular flexibility index (Phi) is 12.3. The Hall–Kier alpha value is -4.70. The van der Waals surface area contributed by atoms with Crippen LogP contribution in [0.25, 0.3) is 33.5 Å². The van der Waals surface area contributed by atoms with Crippen LogP contribution in [0.3, 0.4) is 0 Å². The summed E-state index contributed by atoms with van der Waals surface area (Å²) in [6.45, 7) is 15.3. The molecule has 7 rings (SSSR count). The first kappa shape index (κ1) is 41.5. The fraction of sp³-hybridized carbons (Fsp3) is 0.581. The number of carbonyl (C=O) groups excluding carboxylic acids is 3. The number of hydrogen-bond donors (Lipinski definition) is 3. The fourth-order valence-electron chi connectivity index (χ4n) is 8.26. The van der Waals surface area contributed by atoms with Crippen molar-refractivity contribution in [1.82, 2.24) is 45.4 Å². The van der Waals surface area contributed by atoms with Gasteiger partial charge in [0, 0.05) is 80.4 Å². The van der Waals surface area contributed by atoms with Crippen molar-refractivity contribution in [3.05, 3.63) is 53.6 Å². The van der Waals surface area contributed by atoms with Crippen LogP contribution in [0.5, 0.6) is 0 Å². The molecule has 0 saturated carbocycles. The number of ether oxygens (including phenoxy) is 3. The third kappa shape index (κ3) is 8.54. The van der Waals surface area contributed by atoms with Crippen LogP contribution in [0.2, 0.25) is 0 Å². The highest BCUT2D eigenvalue weighted by molar-refractivity contribution is 5.95. The number of esters is 1. The molecule has 0 unspecified atom stereocenters. The quantitative estimate of drug-likeness (QED) is 0.198. The topological polar surface area (TPSA) is 167 Å². The maximum atomic E-state index is 14.4. The van der Waals surface area contributed by atoms with Gasteiger partial charge in [0.05, 0.1) is 42.7 Å². The zero-order chi connectivity index (χ0) is 41.3. The predicted molar refractivity (Wildman–Crippen MR) is 219 cm³/mol. The second-order valence-corrected chi connectivity index (χ2v) is 17.1. The van der Waals surface area contributed by atoms with Crippen LogP contribution in [0.15, 0.2) is 36.5 Å². The summed E-state index contributed by atoms with van der Waals surface area (Å²) in [4.78, 5) is 51.9. The van der Waals surface area contributed by atoms with Crippen molar-refractivity contribution < 1.29 is 28.6 Å². The monoisotopic (exact) mass is 797 g/mol. The molecule has 0 aliphatic carbocycles. The average Bonchev–Trinajstić information content (AvgIpc) is 3.71. The van der Waals surface area contributed by atoms with Gasteiger partial charge in [-0.25, -0.2) is 15.1 Å². The molecule has 312 valence electrons. The molecule has 2 saturated heterocycles. The van der Waals surface area contributed by atoms with Crippen molar-refractivity contribution in [2.24, 2.45) is 24.3 Å². The van der Waals surface area contributed by atoms with Gasteiger partial charge in [-0.05, 0) is 74.9 Å². The van der Waals surface area contributed by atoms with Gasteiger partial charge in [0.25, 0.3) is 5.91 Å². The Morgan fingerprint density at radius 1 is 1.16 bits per heavy atom. The lowest BCUT2D eigenvalue weighted by molar-refractivity contribution is -0.155. The molecule has 3 N–H and O–H groups in total. The second-order valence-electron chi connectivity index (χ2n) is 17.1. The molecule has 4 atom stereocenters. The number of fused-ring (bicyclic) bond motifs is 6. The Morgan fingerprint density at radius 2 is 1.95 bits per heavy atom. The Bertz CT molecular complexity index is 2140. The lowest BCUT2D eigenvalue weighted by atomic mass is 9.84. The molecule has 3 aliphatic heterocycles. The standard InChI is InChI=1S/C43H59N9O6/c1-9-51-35-15-14-27-18-30(35)31(38(51)29-12-10-16-45-37(29)26(4)56-8)20-43(5,6)24-58-42(55)33-13-11-17-52(48-33)41(54)34(19-36-47-39(27)50(7)49-36)46-40(53)32(25(2)3)23-57-28-21-44-22-28/h10,12,14-16,18,25-26,28,32-34,44,48H,9,11,13,17,19-24H2,1-8H3,(H,46,53)/t26-,32-,33-,34-/m0/s1. The van der Waals surface area contributed by atoms with Crippen LogP contribution in [0.1, 0.15) is 77.6 Å². The summed E-state index contributed by atoms with van der Waals surface area (Å²) < 4.78 is 22.0. The van der Waals surface area contributed by atoms with Crippen molar-refractivity contribution in [3.8, 4) is 22.6 Å². The normalized spacial score (nSPS) is 21.4. The number of benzene rings is 1. The van der Waals surface area contributed by atoms with Gasteiger partial charge in [-0.1, -0.05) is 27.7 Å². The van der Waals surface area contributed by atoms with E-state index >= 15 is 0 Å². The maximum absolute atomic E-state index is 14.4. The van der Waals surface area contributed by atoms with E-state index in [2.05, 4.69) is 65.7 Å². The van der Waals surface area contributed by atoms with Crippen molar-refractivity contribution in [2.75, 3.05) is 40.0 Å². The Labute approximate surface area is 340 Å². The lowest BCUT2D eigenvalue weighted by Gasteiger charge is -2.36. The highest BCUT2D eigenvalue weighted by Gasteiger charge is 2.37. The van der Waals surface area contributed by atoms with E-state index in [4.69, 9.17) is 29.3 Å². The first-order valence-corrected chi connectivity index (χ1v) is 20.7. The molecular formula is C43H59N9O6. The summed E-state index contributed by atoms with van der Waals surface area (Å²) in [6, 6.07) is 8.65. The van der Waals surface area contributed by atoms with E-state index in [-0.39, 0.29) is 49.6 Å². The number of hydrogen-bond acceptors (Lipinski definition) is 11. The number of cyclic esters (lactones) is 1. The third-order valence-electron chi connectivity index (χ3n) is 11.8. The van der Waals surface area contributed by atoms with E-state index in [1.165, 1.54) is 5.01 Å². The minimum atomic E-state index is -1.01. The highest BCUT2D eigenvalue weighted by atomic mass is 16.5. The van der Waals surface area contributed by atoms with Gasteiger partial charge < -0.3 is 29.4 Å². The number of carbonyl (C=O) groups is 3. The number of aromatic nitrogens is 5. The molecule has 3 aromatic heterocycles. The minimum absolute atomic E-state index is 0.0329. The molecule has 58 heavy (non-hydrogen) atoms. The van der Waals surface area contributed by atoms with Gasteiger partial charge in [-0.3, -0.25) is 24.4 Å².